The topological polar surface area (TPSA) is 12.5 Å². The van der Waals surface area contributed by atoms with Gasteiger partial charge in [0.2, 0.25) is 0 Å². The predicted molar refractivity (Wildman–Crippen MR) is 88.5 cm³/mol. The predicted octanol–water partition coefficient (Wildman–Crippen LogP) is 4.17. The van der Waals surface area contributed by atoms with E-state index in [9.17, 15) is 0 Å². The minimum absolute atomic E-state index is 0.298. The van der Waals surface area contributed by atoms with Crippen LogP contribution in [0.2, 0.25) is 0 Å². The largest absolute Gasteiger partial charge is 0.488 e. The summed E-state index contributed by atoms with van der Waals surface area (Å²) in [6, 6.07) is 7.24. The number of nitrogens with zero attached hydrogens (tertiary/aromatic N) is 1. The van der Waals surface area contributed by atoms with Gasteiger partial charge >= 0.3 is 0 Å². The van der Waals surface area contributed by atoms with Crippen LogP contribution in [-0.4, -0.2) is 36.0 Å². The number of alkyl halides is 1. The first kappa shape index (κ1) is 15.2. The second-order valence-electron chi connectivity index (χ2n) is 6.53. The van der Waals surface area contributed by atoms with Gasteiger partial charge in [-0.3, -0.25) is 4.90 Å². The monoisotopic (exact) mass is 307 g/mol. The highest BCUT2D eigenvalue weighted by Gasteiger charge is 2.28. The Kier molecular flexibility index (Phi) is 5.07. The number of hydrogen-bond acceptors (Lipinski definition) is 2. The second kappa shape index (κ2) is 7.02. The number of benzene rings is 1. The van der Waals surface area contributed by atoms with E-state index in [1.165, 1.54) is 43.2 Å². The molecule has 1 heterocycles. The molecule has 1 fully saturated rings. The molecule has 1 aromatic carbocycles. The number of rotatable bonds is 5. The zero-order chi connectivity index (χ0) is 14.7. The van der Waals surface area contributed by atoms with Crippen molar-refractivity contribution >= 4 is 11.6 Å². The molecule has 0 saturated heterocycles. The lowest BCUT2D eigenvalue weighted by atomic mass is 9.94. The van der Waals surface area contributed by atoms with Gasteiger partial charge in [0.25, 0.3) is 0 Å². The van der Waals surface area contributed by atoms with Crippen LogP contribution in [0, 0.1) is 6.92 Å². The maximum absolute atomic E-state index is 6.14. The zero-order valence-corrected chi connectivity index (χ0v) is 13.7. The molecule has 1 aromatic rings. The Labute approximate surface area is 133 Å². The molecule has 3 heteroatoms. The van der Waals surface area contributed by atoms with Crippen LogP contribution in [0.5, 0.6) is 5.75 Å². The number of hydrogen-bond donors (Lipinski definition) is 0. The molecule has 0 aromatic heterocycles. The molecular formula is C18H26ClNO. The normalized spacial score (nSPS) is 22.3. The van der Waals surface area contributed by atoms with Gasteiger partial charge in [-0.1, -0.05) is 37.0 Å². The van der Waals surface area contributed by atoms with Gasteiger partial charge in [0.15, 0.2) is 0 Å². The first-order valence-electron chi connectivity index (χ1n) is 8.32. The molecule has 1 aliphatic carbocycles. The average Bonchev–Trinajstić information content (AvgIpc) is 2.89. The van der Waals surface area contributed by atoms with Crippen LogP contribution in [-0.2, 0) is 6.42 Å². The third-order valence-electron chi connectivity index (χ3n) is 4.86. The van der Waals surface area contributed by atoms with Crippen molar-refractivity contribution in [2.24, 2.45) is 0 Å². The van der Waals surface area contributed by atoms with Crippen molar-refractivity contribution in [3.05, 3.63) is 29.3 Å². The van der Waals surface area contributed by atoms with Crippen LogP contribution in [0.1, 0.15) is 43.2 Å². The van der Waals surface area contributed by atoms with E-state index < -0.39 is 0 Å². The summed E-state index contributed by atoms with van der Waals surface area (Å²) in [6.07, 6.45) is 8.14. The summed E-state index contributed by atoms with van der Waals surface area (Å²) in [5.74, 6) is 1.80. The third kappa shape index (κ3) is 3.73. The molecule has 0 N–H and O–H groups in total. The van der Waals surface area contributed by atoms with Crippen LogP contribution in [0.15, 0.2) is 18.2 Å². The van der Waals surface area contributed by atoms with Gasteiger partial charge in [-0.2, -0.15) is 0 Å². The van der Waals surface area contributed by atoms with Gasteiger partial charge in [-0.25, -0.2) is 0 Å². The highest BCUT2D eigenvalue weighted by Crippen LogP contribution is 2.31. The van der Waals surface area contributed by atoms with Crippen molar-refractivity contribution in [3.63, 3.8) is 0 Å². The van der Waals surface area contributed by atoms with E-state index >= 15 is 0 Å². The fraction of sp³-hybridized carbons (Fsp3) is 0.667. The van der Waals surface area contributed by atoms with Crippen LogP contribution in [0.4, 0.5) is 0 Å². The number of halogens is 1. The summed E-state index contributed by atoms with van der Waals surface area (Å²) in [6.45, 7) is 4.15. The van der Waals surface area contributed by atoms with Crippen molar-refractivity contribution in [1.29, 1.82) is 0 Å². The minimum Gasteiger partial charge on any atom is -0.488 e. The van der Waals surface area contributed by atoms with Crippen LogP contribution >= 0.6 is 11.6 Å². The summed E-state index contributed by atoms with van der Waals surface area (Å²) in [5, 5.41) is 0. The van der Waals surface area contributed by atoms with Crippen molar-refractivity contribution in [1.82, 2.24) is 4.90 Å². The maximum Gasteiger partial charge on any atom is 0.123 e. The molecule has 1 aliphatic heterocycles. The number of aryl methyl sites for hydroxylation is 1. The number of ether oxygens (including phenoxy) is 1. The lowest BCUT2D eigenvalue weighted by molar-refractivity contribution is 0.102. The van der Waals surface area contributed by atoms with Crippen LogP contribution < -0.4 is 4.74 Å². The lowest BCUT2D eigenvalue weighted by Crippen LogP contribution is -2.43. The summed E-state index contributed by atoms with van der Waals surface area (Å²) in [5.41, 5.74) is 2.69. The Morgan fingerprint density at radius 3 is 2.81 bits per heavy atom. The van der Waals surface area contributed by atoms with Gasteiger partial charge in [-0.15, -0.1) is 11.6 Å². The molecule has 21 heavy (non-hydrogen) atoms. The SMILES string of the molecule is Cc1ccc2c(c1)CC(CN(CCCl)C1CCCCC1)O2. The Bertz CT molecular complexity index is 470. The van der Waals surface area contributed by atoms with Crippen LogP contribution in [0.25, 0.3) is 0 Å². The van der Waals surface area contributed by atoms with Gasteiger partial charge in [0.1, 0.15) is 11.9 Å². The van der Waals surface area contributed by atoms with Crippen molar-refractivity contribution in [3.8, 4) is 5.75 Å². The van der Waals surface area contributed by atoms with Gasteiger partial charge < -0.3 is 4.74 Å². The molecule has 1 saturated carbocycles. The van der Waals surface area contributed by atoms with Crippen molar-refractivity contribution < 1.29 is 4.74 Å². The van der Waals surface area contributed by atoms with E-state index in [-0.39, 0.29) is 0 Å². The second-order valence-corrected chi connectivity index (χ2v) is 6.91. The standard InChI is InChI=1S/C18H26ClNO/c1-14-7-8-18-15(11-14)12-17(21-18)13-20(10-9-19)16-5-3-2-4-6-16/h7-8,11,16-17H,2-6,9-10,12-13H2,1H3. The molecule has 3 rings (SSSR count). The first-order valence-corrected chi connectivity index (χ1v) is 8.86. The third-order valence-corrected chi connectivity index (χ3v) is 5.03. The quantitative estimate of drug-likeness (QED) is 0.757. The Morgan fingerprint density at radius 2 is 2.05 bits per heavy atom. The highest BCUT2D eigenvalue weighted by atomic mass is 35.5. The van der Waals surface area contributed by atoms with E-state index in [0.29, 0.717) is 12.1 Å². The molecule has 116 valence electrons. The van der Waals surface area contributed by atoms with E-state index in [4.69, 9.17) is 16.3 Å². The molecular weight excluding hydrogens is 282 g/mol. The summed E-state index contributed by atoms with van der Waals surface area (Å²) in [4.78, 5) is 2.58. The molecule has 0 spiro atoms. The molecule has 1 unspecified atom stereocenters. The summed E-state index contributed by atoms with van der Waals surface area (Å²) in [7, 11) is 0. The maximum atomic E-state index is 6.14. The molecule has 1 atom stereocenters. The first-order chi connectivity index (χ1) is 10.3. The molecule has 0 radical (unpaired) electrons. The fourth-order valence-corrected chi connectivity index (χ4v) is 4.01. The van der Waals surface area contributed by atoms with Crippen molar-refractivity contribution in [2.75, 3.05) is 19.0 Å². The molecule has 2 aliphatic rings. The molecule has 0 amide bonds. The fourth-order valence-electron chi connectivity index (χ4n) is 3.79. The number of fused-ring (bicyclic) bond motifs is 1. The lowest BCUT2D eigenvalue weighted by Gasteiger charge is -2.35. The average molecular weight is 308 g/mol. The van der Waals surface area contributed by atoms with Gasteiger partial charge in [0.05, 0.1) is 0 Å². The van der Waals surface area contributed by atoms with E-state index in [1.54, 1.807) is 0 Å². The van der Waals surface area contributed by atoms with Crippen LogP contribution in [0.3, 0.4) is 0 Å². The highest BCUT2D eigenvalue weighted by molar-refractivity contribution is 6.18. The Morgan fingerprint density at radius 1 is 1.24 bits per heavy atom. The molecule has 0 bridgehead atoms. The van der Waals surface area contributed by atoms with E-state index in [1.807, 2.05) is 0 Å². The van der Waals surface area contributed by atoms with Crippen molar-refractivity contribution in [2.45, 2.75) is 57.6 Å². The zero-order valence-electron chi connectivity index (χ0n) is 13.0. The molecule has 2 nitrogen and oxygen atoms in total. The van der Waals surface area contributed by atoms with Gasteiger partial charge in [-0.05, 0) is 31.4 Å². The Balaban J connectivity index is 1.61. The summed E-state index contributed by atoms with van der Waals surface area (Å²) < 4.78 is 6.14. The Hall–Kier alpha value is -0.730. The van der Waals surface area contributed by atoms with E-state index in [2.05, 4.69) is 30.0 Å². The minimum atomic E-state index is 0.298. The van der Waals surface area contributed by atoms with E-state index in [0.717, 1.165) is 31.1 Å². The smallest absolute Gasteiger partial charge is 0.123 e. The summed E-state index contributed by atoms with van der Waals surface area (Å²) >= 11 is 6.03. The van der Waals surface area contributed by atoms with Gasteiger partial charge in [0, 0.05) is 31.4 Å².